The second-order valence-electron chi connectivity index (χ2n) is 6.69. The summed E-state index contributed by atoms with van der Waals surface area (Å²) in [6, 6.07) is 15.2. The maximum atomic E-state index is 12.9. The van der Waals surface area contributed by atoms with Gasteiger partial charge in [0, 0.05) is 36.6 Å². The molecule has 0 saturated heterocycles. The first-order chi connectivity index (χ1) is 13.1. The van der Waals surface area contributed by atoms with Crippen LogP contribution in [0.15, 0.2) is 48.5 Å². The zero-order valence-corrected chi connectivity index (χ0v) is 15.7. The Bertz CT molecular complexity index is 822. The molecule has 0 aromatic heterocycles. The number of amides is 2. The number of carbonyl (C=O) groups excluding carboxylic acids is 2. The summed E-state index contributed by atoms with van der Waals surface area (Å²) in [4.78, 5) is 26.7. The summed E-state index contributed by atoms with van der Waals surface area (Å²) in [5.74, 6) is -0.147. The highest BCUT2D eigenvalue weighted by atomic mass is 16.5. The van der Waals surface area contributed by atoms with Crippen LogP contribution in [-0.4, -0.2) is 44.7 Å². The van der Waals surface area contributed by atoms with Crippen LogP contribution >= 0.6 is 0 Å². The Morgan fingerprint density at radius 1 is 1.19 bits per heavy atom. The largest absolute Gasteiger partial charge is 0.383 e. The van der Waals surface area contributed by atoms with E-state index >= 15 is 0 Å². The second kappa shape index (κ2) is 8.68. The predicted octanol–water partition coefficient (Wildman–Crippen LogP) is 2.45. The molecule has 142 valence electrons. The summed E-state index contributed by atoms with van der Waals surface area (Å²) in [5, 5.41) is 5.92. The molecule has 2 N–H and O–H groups in total. The van der Waals surface area contributed by atoms with Crippen molar-refractivity contribution >= 4 is 23.2 Å². The van der Waals surface area contributed by atoms with Crippen molar-refractivity contribution in [2.75, 3.05) is 37.0 Å². The molecule has 0 aliphatic carbocycles. The van der Waals surface area contributed by atoms with Gasteiger partial charge in [-0.3, -0.25) is 9.59 Å². The lowest BCUT2D eigenvalue weighted by Gasteiger charge is -2.18. The standard InChI is InChI=1S/C21H25N3O3/c1-15(14-27-2)23-20(25)13-22-18-8-5-7-17(12-18)21(26)24-11-10-16-6-3-4-9-19(16)24/h3-9,12,15,22H,10-11,13-14H2,1-2H3,(H,23,25)/t15-/m0/s1. The molecule has 2 aromatic rings. The average Bonchev–Trinajstić information content (AvgIpc) is 3.10. The lowest BCUT2D eigenvalue weighted by atomic mass is 10.1. The van der Waals surface area contributed by atoms with Gasteiger partial charge in [-0.2, -0.15) is 0 Å². The molecule has 6 heteroatoms. The Labute approximate surface area is 159 Å². The Morgan fingerprint density at radius 3 is 2.81 bits per heavy atom. The normalized spacial score (nSPS) is 13.8. The number of ether oxygens (including phenoxy) is 1. The van der Waals surface area contributed by atoms with Gasteiger partial charge in [-0.1, -0.05) is 24.3 Å². The van der Waals surface area contributed by atoms with Crippen molar-refractivity contribution in [2.24, 2.45) is 0 Å². The van der Waals surface area contributed by atoms with Crippen LogP contribution in [0.2, 0.25) is 0 Å². The van der Waals surface area contributed by atoms with Gasteiger partial charge in [-0.15, -0.1) is 0 Å². The number of rotatable bonds is 7. The van der Waals surface area contributed by atoms with Gasteiger partial charge in [0.2, 0.25) is 5.91 Å². The van der Waals surface area contributed by atoms with E-state index in [-0.39, 0.29) is 24.4 Å². The second-order valence-corrected chi connectivity index (χ2v) is 6.69. The quantitative estimate of drug-likeness (QED) is 0.789. The van der Waals surface area contributed by atoms with Gasteiger partial charge in [0.15, 0.2) is 0 Å². The summed E-state index contributed by atoms with van der Waals surface area (Å²) in [6.07, 6.45) is 0.875. The zero-order chi connectivity index (χ0) is 19.2. The van der Waals surface area contributed by atoms with Gasteiger partial charge in [0.05, 0.1) is 13.2 Å². The van der Waals surface area contributed by atoms with E-state index in [0.717, 1.165) is 17.8 Å². The maximum absolute atomic E-state index is 12.9. The van der Waals surface area contributed by atoms with Crippen molar-refractivity contribution in [2.45, 2.75) is 19.4 Å². The zero-order valence-electron chi connectivity index (χ0n) is 15.7. The number of fused-ring (bicyclic) bond motifs is 1. The van der Waals surface area contributed by atoms with Crippen molar-refractivity contribution in [3.63, 3.8) is 0 Å². The number of hydrogen-bond acceptors (Lipinski definition) is 4. The monoisotopic (exact) mass is 367 g/mol. The third-order valence-corrected chi connectivity index (χ3v) is 4.52. The third kappa shape index (κ3) is 4.65. The first-order valence-electron chi connectivity index (χ1n) is 9.10. The van der Waals surface area contributed by atoms with E-state index in [1.54, 1.807) is 19.2 Å². The van der Waals surface area contributed by atoms with Gasteiger partial charge < -0.3 is 20.3 Å². The van der Waals surface area contributed by atoms with Crippen LogP contribution in [0.25, 0.3) is 0 Å². The number of carbonyl (C=O) groups is 2. The van der Waals surface area contributed by atoms with E-state index < -0.39 is 0 Å². The topological polar surface area (TPSA) is 70.7 Å². The summed E-state index contributed by atoms with van der Waals surface area (Å²) in [7, 11) is 1.60. The highest BCUT2D eigenvalue weighted by Gasteiger charge is 2.25. The van der Waals surface area contributed by atoms with Crippen LogP contribution < -0.4 is 15.5 Å². The molecule has 1 atom stereocenters. The van der Waals surface area contributed by atoms with E-state index in [2.05, 4.69) is 16.7 Å². The molecule has 2 aromatic carbocycles. The Balaban J connectivity index is 1.62. The van der Waals surface area contributed by atoms with E-state index in [4.69, 9.17) is 4.74 Å². The van der Waals surface area contributed by atoms with Crippen LogP contribution in [0, 0.1) is 0 Å². The van der Waals surface area contributed by atoms with Crippen LogP contribution in [0.3, 0.4) is 0 Å². The van der Waals surface area contributed by atoms with Gasteiger partial charge in [-0.25, -0.2) is 0 Å². The number of nitrogens with one attached hydrogen (secondary N) is 2. The number of nitrogens with zero attached hydrogens (tertiary/aromatic N) is 1. The summed E-state index contributed by atoms with van der Waals surface area (Å²) in [5.41, 5.74) is 3.52. The Kier molecular flexibility index (Phi) is 6.08. The Morgan fingerprint density at radius 2 is 2.00 bits per heavy atom. The molecule has 1 aliphatic heterocycles. The van der Waals surface area contributed by atoms with Gasteiger partial charge in [0.1, 0.15) is 0 Å². The van der Waals surface area contributed by atoms with E-state index in [1.807, 2.05) is 42.2 Å². The molecule has 1 heterocycles. The first-order valence-corrected chi connectivity index (χ1v) is 9.10. The molecule has 0 radical (unpaired) electrons. The third-order valence-electron chi connectivity index (χ3n) is 4.52. The number of hydrogen-bond donors (Lipinski definition) is 2. The molecule has 1 aliphatic rings. The van der Waals surface area contributed by atoms with Crippen LogP contribution in [0.5, 0.6) is 0 Å². The molecule has 0 saturated carbocycles. The minimum absolute atomic E-state index is 0.0261. The van der Waals surface area contributed by atoms with Gasteiger partial charge in [-0.05, 0) is 43.2 Å². The summed E-state index contributed by atoms with van der Waals surface area (Å²) < 4.78 is 5.01. The SMILES string of the molecule is COC[C@H](C)NC(=O)CNc1cccc(C(=O)N2CCc3ccccc32)c1. The Hall–Kier alpha value is -2.86. The molecule has 2 amide bonds. The highest BCUT2D eigenvalue weighted by Crippen LogP contribution is 2.29. The van der Waals surface area contributed by atoms with Crippen molar-refractivity contribution in [1.82, 2.24) is 5.32 Å². The lowest BCUT2D eigenvalue weighted by molar-refractivity contribution is -0.120. The van der Waals surface area contributed by atoms with Crippen molar-refractivity contribution in [3.8, 4) is 0 Å². The fourth-order valence-corrected chi connectivity index (χ4v) is 3.27. The van der Waals surface area contributed by atoms with E-state index in [9.17, 15) is 9.59 Å². The lowest BCUT2D eigenvalue weighted by Crippen LogP contribution is -2.39. The number of methoxy groups -OCH3 is 1. The summed E-state index contributed by atoms with van der Waals surface area (Å²) >= 11 is 0. The fraction of sp³-hybridized carbons (Fsp3) is 0.333. The highest BCUT2D eigenvalue weighted by molar-refractivity contribution is 6.07. The van der Waals surface area contributed by atoms with Crippen LogP contribution in [-0.2, 0) is 16.0 Å². The fourth-order valence-electron chi connectivity index (χ4n) is 3.27. The molecule has 0 fully saturated rings. The first kappa shape index (κ1) is 18.9. The summed E-state index contributed by atoms with van der Waals surface area (Å²) in [6.45, 7) is 3.18. The van der Waals surface area contributed by atoms with E-state index in [1.165, 1.54) is 5.56 Å². The molecular formula is C21H25N3O3. The molecule has 3 rings (SSSR count). The molecule has 0 bridgehead atoms. The van der Waals surface area contributed by atoms with Crippen molar-refractivity contribution < 1.29 is 14.3 Å². The van der Waals surface area contributed by atoms with Crippen molar-refractivity contribution in [3.05, 3.63) is 59.7 Å². The van der Waals surface area contributed by atoms with Gasteiger partial charge >= 0.3 is 0 Å². The maximum Gasteiger partial charge on any atom is 0.258 e. The van der Waals surface area contributed by atoms with E-state index in [0.29, 0.717) is 18.7 Å². The molecule has 0 unspecified atom stereocenters. The smallest absolute Gasteiger partial charge is 0.258 e. The number of benzene rings is 2. The van der Waals surface area contributed by atoms with Crippen LogP contribution in [0.1, 0.15) is 22.8 Å². The van der Waals surface area contributed by atoms with Crippen molar-refractivity contribution in [1.29, 1.82) is 0 Å². The van der Waals surface area contributed by atoms with Crippen LogP contribution in [0.4, 0.5) is 11.4 Å². The predicted molar refractivity (Wildman–Crippen MR) is 106 cm³/mol. The average molecular weight is 367 g/mol. The number of anilines is 2. The molecule has 6 nitrogen and oxygen atoms in total. The van der Waals surface area contributed by atoms with Gasteiger partial charge in [0.25, 0.3) is 5.91 Å². The molecule has 27 heavy (non-hydrogen) atoms. The molecule has 0 spiro atoms. The minimum atomic E-state index is -0.121. The number of para-hydroxylation sites is 1. The minimum Gasteiger partial charge on any atom is -0.383 e. The molecular weight excluding hydrogens is 342 g/mol.